The van der Waals surface area contributed by atoms with Gasteiger partial charge in [-0.25, -0.2) is 9.37 Å². The molecule has 1 saturated carbocycles. The molecule has 2 aromatic rings. The number of halogens is 1. The Hall–Kier alpha value is -1.86. The lowest BCUT2D eigenvalue weighted by molar-refractivity contribution is -0.120. The zero-order valence-electron chi connectivity index (χ0n) is 13.5. The monoisotopic (exact) mass is 349 g/mol. The molecule has 24 heavy (non-hydrogen) atoms. The van der Waals surface area contributed by atoms with Gasteiger partial charge in [-0.3, -0.25) is 4.79 Å². The summed E-state index contributed by atoms with van der Waals surface area (Å²) in [4.78, 5) is 17.2. The SMILES string of the molecule is Cn1ccnc1Sc1ccc(F)cc1NC(=O)CC1(O)CCCC1. The van der Waals surface area contributed by atoms with Gasteiger partial charge in [0.25, 0.3) is 0 Å². The Bertz CT molecular complexity index is 741. The highest BCUT2D eigenvalue weighted by Gasteiger charge is 2.33. The molecular weight excluding hydrogens is 329 g/mol. The number of aromatic nitrogens is 2. The van der Waals surface area contributed by atoms with E-state index in [0.29, 0.717) is 23.4 Å². The number of carbonyl (C=O) groups excluding carboxylic acids is 1. The maximum absolute atomic E-state index is 13.6. The molecule has 0 unspecified atom stereocenters. The first-order valence-electron chi connectivity index (χ1n) is 7.92. The Morgan fingerprint density at radius 3 is 2.88 bits per heavy atom. The fraction of sp³-hybridized carbons (Fsp3) is 0.412. The summed E-state index contributed by atoms with van der Waals surface area (Å²) in [6, 6.07) is 4.27. The van der Waals surface area contributed by atoms with Crippen molar-refractivity contribution in [2.24, 2.45) is 7.05 Å². The van der Waals surface area contributed by atoms with Crippen LogP contribution in [0.3, 0.4) is 0 Å². The molecular formula is C17H20FN3O2S. The summed E-state index contributed by atoms with van der Waals surface area (Å²) in [5.74, 6) is -0.722. The predicted octanol–water partition coefficient (Wildman–Crippen LogP) is 3.34. The second-order valence-corrected chi connectivity index (χ2v) is 7.23. The standard InChI is InChI=1S/C17H20FN3O2S/c1-21-9-8-19-16(21)24-14-5-4-12(18)10-13(14)20-15(22)11-17(23)6-2-3-7-17/h4-5,8-10,23H,2-3,6-7,11H2,1H3,(H,20,22). The summed E-state index contributed by atoms with van der Waals surface area (Å²) in [6.07, 6.45) is 6.68. The van der Waals surface area contributed by atoms with E-state index < -0.39 is 11.4 Å². The molecule has 0 spiro atoms. The number of nitrogens with one attached hydrogen (secondary N) is 1. The molecule has 0 atom stereocenters. The van der Waals surface area contributed by atoms with Crippen molar-refractivity contribution in [3.63, 3.8) is 0 Å². The van der Waals surface area contributed by atoms with Crippen molar-refractivity contribution in [1.82, 2.24) is 9.55 Å². The highest BCUT2D eigenvalue weighted by Crippen LogP contribution is 2.35. The molecule has 0 radical (unpaired) electrons. The number of imidazole rings is 1. The molecule has 1 aromatic carbocycles. The molecule has 1 amide bonds. The van der Waals surface area contributed by atoms with Gasteiger partial charge in [0.05, 0.1) is 17.7 Å². The first kappa shape index (κ1) is 17.0. The smallest absolute Gasteiger partial charge is 0.227 e. The quantitative estimate of drug-likeness (QED) is 0.869. The Morgan fingerprint density at radius 2 is 2.21 bits per heavy atom. The van der Waals surface area contributed by atoms with Crippen LogP contribution in [0.1, 0.15) is 32.1 Å². The number of aryl methyl sites for hydroxylation is 1. The third-order valence-electron chi connectivity index (χ3n) is 4.22. The second-order valence-electron chi connectivity index (χ2n) is 6.22. The minimum atomic E-state index is -0.926. The van der Waals surface area contributed by atoms with E-state index in [4.69, 9.17) is 0 Å². The van der Waals surface area contributed by atoms with Crippen LogP contribution in [0.15, 0.2) is 40.6 Å². The number of hydrogen-bond acceptors (Lipinski definition) is 4. The van der Waals surface area contributed by atoms with Crippen molar-refractivity contribution >= 4 is 23.4 Å². The number of rotatable bonds is 5. The number of amides is 1. The molecule has 0 bridgehead atoms. The topological polar surface area (TPSA) is 67.2 Å². The van der Waals surface area contributed by atoms with Gasteiger partial charge < -0.3 is 15.0 Å². The van der Waals surface area contributed by atoms with Crippen LogP contribution in [0, 0.1) is 5.82 Å². The summed E-state index contributed by atoms with van der Waals surface area (Å²) in [5, 5.41) is 13.8. The van der Waals surface area contributed by atoms with Crippen molar-refractivity contribution in [2.75, 3.05) is 5.32 Å². The largest absolute Gasteiger partial charge is 0.389 e. The lowest BCUT2D eigenvalue weighted by Gasteiger charge is -2.21. The van der Waals surface area contributed by atoms with Crippen molar-refractivity contribution < 1.29 is 14.3 Å². The minimum absolute atomic E-state index is 0.0377. The summed E-state index contributed by atoms with van der Waals surface area (Å²) >= 11 is 1.35. The molecule has 1 aromatic heterocycles. The predicted molar refractivity (Wildman–Crippen MR) is 90.4 cm³/mol. The van der Waals surface area contributed by atoms with Crippen LogP contribution in [0.25, 0.3) is 0 Å². The van der Waals surface area contributed by atoms with Gasteiger partial charge in [0.1, 0.15) is 5.82 Å². The number of aliphatic hydroxyl groups is 1. The van der Waals surface area contributed by atoms with Crippen LogP contribution in [0.5, 0.6) is 0 Å². The van der Waals surface area contributed by atoms with Crippen LogP contribution >= 0.6 is 11.8 Å². The highest BCUT2D eigenvalue weighted by molar-refractivity contribution is 7.99. The highest BCUT2D eigenvalue weighted by atomic mass is 32.2. The van der Waals surface area contributed by atoms with E-state index in [9.17, 15) is 14.3 Å². The van der Waals surface area contributed by atoms with Crippen molar-refractivity contribution in [3.05, 3.63) is 36.4 Å². The molecule has 7 heteroatoms. The molecule has 2 N–H and O–H groups in total. The van der Waals surface area contributed by atoms with Crippen molar-refractivity contribution in [1.29, 1.82) is 0 Å². The fourth-order valence-electron chi connectivity index (χ4n) is 2.94. The number of nitrogens with zero attached hydrogens (tertiary/aromatic N) is 2. The second kappa shape index (κ2) is 6.94. The number of benzene rings is 1. The van der Waals surface area contributed by atoms with Gasteiger partial charge in [0, 0.05) is 24.3 Å². The van der Waals surface area contributed by atoms with Gasteiger partial charge in [-0.05, 0) is 42.8 Å². The zero-order valence-corrected chi connectivity index (χ0v) is 14.3. The molecule has 3 rings (SSSR count). The normalized spacial score (nSPS) is 16.3. The molecule has 1 aliphatic carbocycles. The van der Waals surface area contributed by atoms with E-state index in [0.717, 1.165) is 18.0 Å². The fourth-order valence-corrected chi connectivity index (χ4v) is 3.81. The molecule has 5 nitrogen and oxygen atoms in total. The van der Waals surface area contributed by atoms with E-state index >= 15 is 0 Å². The van der Waals surface area contributed by atoms with Gasteiger partial charge >= 0.3 is 0 Å². The van der Waals surface area contributed by atoms with Crippen molar-refractivity contribution in [2.45, 2.75) is 47.8 Å². The Labute approximate surface area is 144 Å². The number of anilines is 1. The zero-order chi connectivity index (χ0) is 17.2. The van der Waals surface area contributed by atoms with E-state index in [1.54, 1.807) is 12.3 Å². The first-order valence-corrected chi connectivity index (χ1v) is 8.74. The molecule has 1 aliphatic rings. The molecule has 1 heterocycles. The Balaban J connectivity index is 1.75. The van der Waals surface area contributed by atoms with E-state index in [-0.39, 0.29) is 12.3 Å². The number of carbonyl (C=O) groups is 1. The average Bonchev–Trinajstić information content (AvgIpc) is 3.11. The van der Waals surface area contributed by atoms with Crippen molar-refractivity contribution in [3.8, 4) is 0 Å². The third kappa shape index (κ3) is 3.96. The van der Waals surface area contributed by atoms with Crippen LogP contribution in [-0.4, -0.2) is 26.2 Å². The summed E-state index contributed by atoms with van der Waals surface area (Å²) in [7, 11) is 1.87. The number of hydrogen-bond donors (Lipinski definition) is 2. The van der Waals surface area contributed by atoms with Crippen LogP contribution in [0.2, 0.25) is 0 Å². The van der Waals surface area contributed by atoms with Crippen LogP contribution < -0.4 is 5.32 Å². The van der Waals surface area contributed by atoms with E-state index in [1.807, 2.05) is 17.8 Å². The molecule has 1 fully saturated rings. The summed E-state index contributed by atoms with van der Waals surface area (Å²) in [6.45, 7) is 0. The van der Waals surface area contributed by atoms with Crippen LogP contribution in [0.4, 0.5) is 10.1 Å². The van der Waals surface area contributed by atoms with E-state index in [1.165, 1.54) is 23.9 Å². The van der Waals surface area contributed by atoms with Crippen LogP contribution in [-0.2, 0) is 11.8 Å². The summed E-state index contributed by atoms with van der Waals surface area (Å²) in [5.41, 5.74) is -0.528. The lowest BCUT2D eigenvalue weighted by Crippen LogP contribution is -2.30. The average molecular weight is 349 g/mol. The van der Waals surface area contributed by atoms with Gasteiger partial charge in [0.15, 0.2) is 5.16 Å². The minimum Gasteiger partial charge on any atom is -0.389 e. The molecule has 0 aliphatic heterocycles. The van der Waals surface area contributed by atoms with E-state index in [2.05, 4.69) is 10.3 Å². The Kier molecular flexibility index (Phi) is 4.91. The van der Waals surface area contributed by atoms with Gasteiger partial charge in [-0.15, -0.1) is 0 Å². The summed E-state index contributed by atoms with van der Waals surface area (Å²) < 4.78 is 15.5. The Morgan fingerprint density at radius 1 is 1.46 bits per heavy atom. The molecule has 128 valence electrons. The van der Waals surface area contributed by atoms with Gasteiger partial charge in [-0.2, -0.15) is 0 Å². The maximum atomic E-state index is 13.6. The lowest BCUT2D eigenvalue weighted by atomic mass is 9.97. The molecule has 0 saturated heterocycles. The third-order valence-corrected chi connectivity index (χ3v) is 5.37. The maximum Gasteiger partial charge on any atom is 0.227 e. The van der Waals surface area contributed by atoms with Gasteiger partial charge in [-0.1, -0.05) is 12.8 Å². The van der Waals surface area contributed by atoms with Gasteiger partial charge in [0.2, 0.25) is 5.91 Å². The first-order chi connectivity index (χ1) is 11.5.